The standard InChI is InChI=1S/C13H18N4O2/c1-9(14)16-8-7-11(12(15)18)17-13(19)10-5-3-2-4-6-10/h2-6,11H,7-8H2,1H3,(H2,14,16)(H2,15,18)(H,17,19). The summed E-state index contributed by atoms with van der Waals surface area (Å²) in [6.45, 7) is 1.99. The van der Waals surface area contributed by atoms with Crippen molar-refractivity contribution in [2.75, 3.05) is 6.54 Å². The van der Waals surface area contributed by atoms with Crippen molar-refractivity contribution in [2.24, 2.45) is 16.5 Å². The van der Waals surface area contributed by atoms with E-state index in [1.54, 1.807) is 37.3 Å². The lowest BCUT2D eigenvalue weighted by Crippen LogP contribution is -2.44. The van der Waals surface area contributed by atoms with Crippen LogP contribution in [-0.4, -0.2) is 30.2 Å². The molecule has 0 aliphatic carbocycles. The molecule has 6 heteroatoms. The van der Waals surface area contributed by atoms with Crippen LogP contribution in [0.4, 0.5) is 0 Å². The van der Waals surface area contributed by atoms with Crippen LogP contribution in [0.15, 0.2) is 35.3 Å². The van der Waals surface area contributed by atoms with E-state index in [0.717, 1.165) is 0 Å². The molecule has 19 heavy (non-hydrogen) atoms. The van der Waals surface area contributed by atoms with E-state index < -0.39 is 11.9 Å². The summed E-state index contributed by atoms with van der Waals surface area (Å²) < 4.78 is 0. The molecule has 0 saturated heterocycles. The molecule has 0 fully saturated rings. The zero-order valence-corrected chi connectivity index (χ0v) is 10.8. The normalized spacial score (nSPS) is 12.8. The summed E-state index contributed by atoms with van der Waals surface area (Å²) in [5.74, 6) is -0.496. The molecule has 0 aromatic heterocycles. The van der Waals surface area contributed by atoms with Crippen molar-refractivity contribution in [1.29, 1.82) is 0 Å². The number of nitrogens with one attached hydrogen (secondary N) is 1. The predicted molar refractivity (Wildman–Crippen MR) is 73.7 cm³/mol. The summed E-state index contributed by atoms with van der Waals surface area (Å²) >= 11 is 0. The monoisotopic (exact) mass is 262 g/mol. The largest absolute Gasteiger partial charge is 0.388 e. The van der Waals surface area contributed by atoms with Crippen LogP contribution in [0.5, 0.6) is 0 Å². The van der Waals surface area contributed by atoms with Crippen molar-refractivity contribution < 1.29 is 9.59 Å². The Hall–Kier alpha value is -2.37. The van der Waals surface area contributed by atoms with Crippen LogP contribution < -0.4 is 16.8 Å². The number of rotatable bonds is 6. The molecule has 0 saturated carbocycles. The number of carbonyl (C=O) groups excluding carboxylic acids is 2. The van der Waals surface area contributed by atoms with Crippen LogP contribution in [0.2, 0.25) is 0 Å². The second kappa shape index (κ2) is 7.15. The molecule has 1 atom stereocenters. The summed E-state index contributed by atoms with van der Waals surface area (Å²) in [5, 5.41) is 2.58. The van der Waals surface area contributed by atoms with Gasteiger partial charge < -0.3 is 16.8 Å². The average Bonchev–Trinajstić information content (AvgIpc) is 2.37. The molecule has 2 amide bonds. The molecular formula is C13H18N4O2. The van der Waals surface area contributed by atoms with E-state index in [1.165, 1.54) is 0 Å². The van der Waals surface area contributed by atoms with Crippen LogP contribution in [0.25, 0.3) is 0 Å². The number of amidine groups is 1. The average molecular weight is 262 g/mol. The number of nitrogens with zero attached hydrogens (tertiary/aromatic N) is 1. The molecule has 5 N–H and O–H groups in total. The molecule has 0 radical (unpaired) electrons. The first-order valence-corrected chi connectivity index (χ1v) is 5.92. The first-order valence-electron chi connectivity index (χ1n) is 5.92. The molecule has 1 aromatic rings. The van der Waals surface area contributed by atoms with Gasteiger partial charge in [0.05, 0.1) is 5.84 Å². The Morgan fingerprint density at radius 2 is 1.89 bits per heavy atom. The number of amides is 2. The Balaban J connectivity index is 2.61. The molecule has 0 spiro atoms. The van der Waals surface area contributed by atoms with E-state index in [9.17, 15) is 9.59 Å². The van der Waals surface area contributed by atoms with Crippen molar-refractivity contribution >= 4 is 17.6 Å². The zero-order valence-electron chi connectivity index (χ0n) is 10.8. The molecule has 0 aliphatic rings. The fourth-order valence-electron chi connectivity index (χ4n) is 1.49. The van der Waals surface area contributed by atoms with E-state index in [0.29, 0.717) is 24.4 Å². The SMILES string of the molecule is CC(N)=NCCC(NC(=O)c1ccccc1)C(N)=O. The highest BCUT2D eigenvalue weighted by atomic mass is 16.2. The summed E-state index contributed by atoms with van der Waals surface area (Å²) in [4.78, 5) is 27.1. The maximum atomic E-state index is 11.9. The zero-order chi connectivity index (χ0) is 14.3. The van der Waals surface area contributed by atoms with Gasteiger partial charge in [-0.25, -0.2) is 0 Å². The van der Waals surface area contributed by atoms with E-state index in [4.69, 9.17) is 11.5 Å². The molecule has 1 rings (SSSR count). The van der Waals surface area contributed by atoms with Crippen molar-refractivity contribution in [1.82, 2.24) is 5.32 Å². The molecule has 102 valence electrons. The second-order valence-corrected chi connectivity index (χ2v) is 4.11. The third kappa shape index (κ3) is 5.20. The number of nitrogens with two attached hydrogens (primary N) is 2. The van der Waals surface area contributed by atoms with E-state index in [2.05, 4.69) is 10.3 Å². The number of hydrogen-bond acceptors (Lipinski definition) is 3. The van der Waals surface area contributed by atoms with Gasteiger partial charge in [-0.15, -0.1) is 0 Å². The third-order valence-electron chi connectivity index (χ3n) is 2.46. The molecular weight excluding hydrogens is 244 g/mol. The Morgan fingerprint density at radius 1 is 1.26 bits per heavy atom. The molecule has 1 unspecified atom stereocenters. The molecule has 0 bridgehead atoms. The summed E-state index contributed by atoms with van der Waals surface area (Å²) in [5.41, 5.74) is 11.1. The van der Waals surface area contributed by atoms with Crippen molar-refractivity contribution in [3.05, 3.63) is 35.9 Å². The fraction of sp³-hybridized carbons (Fsp3) is 0.308. The summed E-state index contributed by atoms with van der Waals surface area (Å²) in [6, 6.07) is 7.87. The predicted octanol–water partition coefficient (Wildman–Crippen LogP) is 0.0375. The Labute approximate surface area is 111 Å². The number of hydrogen-bond donors (Lipinski definition) is 3. The number of benzene rings is 1. The number of carbonyl (C=O) groups is 2. The first kappa shape index (κ1) is 14.7. The summed E-state index contributed by atoms with van der Waals surface area (Å²) in [7, 11) is 0. The van der Waals surface area contributed by atoms with Gasteiger partial charge in [-0.05, 0) is 25.5 Å². The van der Waals surface area contributed by atoms with Crippen LogP contribution in [-0.2, 0) is 4.79 Å². The number of primary amides is 1. The van der Waals surface area contributed by atoms with E-state index >= 15 is 0 Å². The van der Waals surface area contributed by atoms with Gasteiger partial charge in [-0.2, -0.15) is 0 Å². The molecule has 0 heterocycles. The third-order valence-corrected chi connectivity index (χ3v) is 2.46. The number of aliphatic imine (C=N–C) groups is 1. The minimum absolute atomic E-state index is 0.322. The van der Waals surface area contributed by atoms with Gasteiger partial charge >= 0.3 is 0 Å². The highest BCUT2D eigenvalue weighted by molar-refractivity contribution is 5.97. The maximum Gasteiger partial charge on any atom is 0.251 e. The highest BCUT2D eigenvalue weighted by Crippen LogP contribution is 2.00. The van der Waals surface area contributed by atoms with Gasteiger partial charge in [-0.3, -0.25) is 14.6 Å². The minimum atomic E-state index is -0.754. The minimum Gasteiger partial charge on any atom is -0.388 e. The van der Waals surface area contributed by atoms with Crippen LogP contribution in [0.1, 0.15) is 23.7 Å². The lowest BCUT2D eigenvalue weighted by atomic mass is 10.1. The topological polar surface area (TPSA) is 111 Å². The fourth-order valence-corrected chi connectivity index (χ4v) is 1.49. The van der Waals surface area contributed by atoms with E-state index in [-0.39, 0.29) is 5.91 Å². The highest BCUT2D eigenvalue weighted by Gasteiger charge is 2.18. The lowest BCUT2D eigenvalue weighted by Gasteiger charge is -2.14. The molecule has 6 nitrogen and oxygen atoms in total. The van der Waals surface area contributed by atoms with Crippen molar-refractivity contribution in [3.63, 3.8) is 0 Å². The van der Waals surface area contributed by atoms with Crippen LogP contribution in [0.3, 0.4) is 0 Å². The second-order valence-electron chi connectivity index (χ2n) is 4.11. The van der Waals surface area contributed by atoms with Crippen LogP contribution in [0, 0.1) is 0 Å². The Morgan fingerprint density at radius 3 is 2.42 bits per heavy atom. The molecule has 1 aromatic carbocycles. The van der Waals surface area contributed by atoms with Crippen molar-refractivity contribution in [2.45, 2.75) is 19.4 Å². The van der Waals surface area contributed by atoms with Gasteiger partial charge in [0.2, 0.25) is 5.91 Å². The van der Waals surface area contributed by atoms with Crippen molar-refractivity contribution in [3.8, 4) is 0 Å². The van der Waals surface area contributed by atoms with Gasteiger partial charge in [0.25, 0.3) is 5.91 Å². The van der Waals surface area contributed by atoms with Crippen LogP contribution >= 0.6 is 0 Å². The lowest BCUT2D eigenvalue weighted by molar-refractivity contribution is -0.119. The van der Waals surface area contributed by atoms with Gasteiger partial charge in [0.1, 0.15) is 6.04 Å². The van der Waals surface area contributed by atoms with Gasteiger partial charge in [-0.1, -0.05) is 18.2 Å². The Kier molecular flexibility index (Phi) is 5.53. The van der Waals surface area contributed by atoms with E-state index in [1.807, 2.05) is 0 Å². The quantitative estimate of drug-likeness (QED) is 0.497. The Bertz CT molecular complexity index is 467. The molecule has 0 aliphatic heterocycles. The summed E-state index contributed by atoms with van der Waals surface area (Å²) in [6.07, 6.45) is 0.322. The van der Waals surface area contributed by atoms with Gasteiger partial charge in [0, 0.05) is 12.1 Å². The maximum absolute atomic E-state index is 11.9. The van der Waals surface area contributed by atoms with Gasteiger partial charge in [0.15, 0.2) is 0 Å². The smallest absolute Gasteiger partial charge is 0.251 e. The first-order chi connectivity index (χ1) is 9.00.